The Labute approximate surface area is 508 Å². The number of hydrogen-bond acceptors (Lipinski definition) is 16. The monoisotopic (exact) mass is 1230 g/mol. The van der Waals surface area contributed by atoms with E-state index in [1.165, 1.54) is 24.3 Å². The average molecular weight is 1230 g/mol. The molecule has 0 spiro atoms. The highest BCUT2D eigenvalue weighted by Crippen LogP contribution is 2.41. The average Bonchev–Trinajstić information content (AvgIpc) is 0.912. The van der Waals surface area contributed by atoms with Crippen LogP contribution in [-0.4, -0.2) is 131 Å². The van der Waals surface area contributed by atoms with Crippen molar-refractivity contribution in [2.24, 2.45) is 0 Å². The number of fused-ring (bicyclic) bond motifs is 2. The van der Waals surface area contributed by atoms with Gasteiger partial charge in [-0.1, -0.05) is 36.4 Å². The van der Waals surface area contributed by atoms with Gasteiger partial charge in [-0.05, 0) is 145 Å². The van der Waals surface area contributed by atoms with Crippen LogP contribution in [0, 0.1) is 37.1 Å². The zero-order chi connectivity index (χ0) is 62.6. The number of carboxylic acid groups (broad SMARTS) is 1. The van der Waals surface area contributed by atoms with Crippen molar-refractivity contribution in [2.45, 2.75) is 36.9 Å². The highest BCUT2D eigenvalue weighted by molar-refractivity contribution is 7.98. The van der Waals surface area contributed by atoms with Crippen LogP contribution >= 0.6 is 23.5 Å². The van der Waals surface area contributed by atoms with Crippen molar-refractivity contribution in [3.63, 3.8) is 0 Å². The van der Waals surface area contributed by atoms with Crippen molar-refractivity contribution in [1.82, 2.24) is 45.4 Å². The molecular formula is C61H63F4N15O5S2. The van der Waals surface area contributed by atoms with Gasteiger partial charge in [-0.15, -0.1) is 23.5 Å². The number of nitrogens with two attached hydrogens (primary N) is 1. The lowest BCUT2D eigenvalue weighted by atomic mass is 9.97. The number of benzene rings is 5. The van der Waals surface area contributed by atoms with Gasteiger partial charge in [0, 0.05) is 64.6 Å². The maximum Gasteiger partial charge on any atom is 0.335 e. The zero-order valence-electron chi connectivity index (χ0n) is 48.7. The molecule has 0 fully saturated rings. The first-order chi connectivity index (χ1) is 41.6. The number of rotatable bonds is 17. The zero-order valence-corrected chi connectivity index (χ0v) is 50.4. The molecule has 0 saturated carbocycles. The second-order valence-corrected chi connectivity index (χ2v) is 21.8. The molecule has 5 heterocycles. The molecule has 0 aliphatic carbocycles. The van der Waals surface area contributed by atoms with E-state index in [1.54, 1.807) is 54.7 Å². The number of anilines is 8. The number of nitrogens with one attached hydrogen (secondary N) is 5. The fourth-order valence-electron chi connectivity index (χ4n) is 9.00. The maximum atomic E-state index is 15.0. The van der Waals surface area contributed by atoms with Crippen molar-refractivity contribution in [2.75, 3.05) is 98.4 Å². The number of nitrogen functional groups attached to an aromatic ring is 1. The number of carbonyl (C=O) groups is 4. The molecule has 452 valence electrons. The summed E-state index contributed by atoms with van der Waals surface area (Å²) in [6.45, 7) is 5.92. The Hall–Kier alpha value is -9.37. The normalized spacial score (nSPS) is 12.4. The van der Waals surface area contributed by atoms with E-state index in [2.05, 4.69) is 46.5 Å². The molecule has 0 bridgehead atoms. The Morgan fingerprint density at radius 2 is 1.07 bits per heavy atom. The Kier molecular flexibility index (Phi) is 21.0. The van der Waals surface area contributed by atoms with E-state index in [4.69, 9.17) is 10.7 Å². The van der Waals surface area contributed by atoms with Crippen LogP contribution in [0.5, 0.6) is 0 Å². The molecule has 3 aromatic heterocycles. The van der Waals surface area contributed by atoms with Crippen LogP contribution in [0.1, 0.15) is 43.0 Å². The lowest BCUT2D eigenvalue weighted by Crippen LogP contribution is -2.43. The topological polar surface area (TPSA) is 252 Å². The molecule has 8 aromatic rings. The summed E-state index contributed by atoms with van der Waals surface area (Å²) in [5.41, 5.74) is 9.70. The summed E-state index contributed by atoms with van der Waals surface area (Å²) in [7, 11) is 7.64. The number of pyridine rings is 1. The van der Waals surface area contributed by atoms with Gasteiger partial charge in [0.05, 0.1) is 35.1 Å². The maximum absolute atomic E-state index is 15.0. The number of urea groups is 2. The quantitative estimate of drug-likeness (QED) is 0.0331. The van der Waals surface area contributed by atoms with Gasteiger partial charge in [0.2, 0.25) is 11.9 Å². The van der Waals surface area contributed by atoms with Gasteiger partial charge < -0.3 is 47.2 Å². The third kappa shape index (κ3) is 15.4. The van der Waals surface area contributed by atoms with Gasteiger partial charge in [-0.3, -0.25) is 4.79 Å². The summed E-state index contributed by atoms with van der Waals surface area (Å²) in [6, 6.07) is 28.3. The van der Waals surface area contributed by atoms with Gasteiger partial charge in [0.1, 0.15) is 40.5 Å². The summed E-state index contributed by atoms with van der Waals surface area (Å²) in [4.78, 5) is 80.0. The first-order valence-electron chi connectivity index (χ1n) is 27.0. The number of carboxylic acids is 1. The van der Waals surface area contributed by atoms with Gasteiger partial charge in [0.25, 0.3) is 5.91 Å². The molecule has 5 amide bonds. The van der Waals surface area contributed by atoms with Crippen LogP contribution < -0.4 is 42.1 Å². The first-order valence-corrected chi connectivity index (χ1v) is 29.4. The second-order valence-electron chi connectivity index (χ2n) is 20.1. The fourth-order valence-corrected chi connectivity index (χ4v) is 9.87. The van der Waals surface area contributed by atoms with Crippen LogP contribution in [-0.2, 0) is 13.1 Å². The molecule has 0 unspecified atom stereocenters. The third-order valence-electron chi connectivity index (χ3n) is 13.4. The molecule has 10 rings (SSSR count). The van der Waals surface area contributed by atoms with Gasteiger partial charge in [-0.25, -0.2) is 56.7 Å². The van der Waals surface area contributed by atoms with E-state index in [0.717, 1.165) is 55.1 Å². The van der Waals surface area contributed by atoms with E-state index < -0.39 is 52.7 Å². The SMILES string of the molecule is CSc1cccc(N)n1.CSc1cccc(NC(=O)c2ccc(C)c(-c3nc(NCCN(C)C)nc4c3CNC(=O)N4c3c(F)cccc3F)c2)c1.Cc1ccc(C(=O)O)cc1-c1nc(NCCN(C)C)nc2c1CNC(=O)N2c1c(F)cccc1F. The van der Waals surface area contributed by atoms with E-state index in [-0.39, 0.29) is 48.1 Å². The Morgan fingerprint density at radius 3 is 1.51 bits per heavy atom. The van der Waals surface area contributed by atoms with E-state index >= 15 is 0 Å². The molecule has 20 nitrogen and oxygen atoms in total. The number of thioether (sulfide) groups is 2. The molecule has 5 aromatic carbocycles. The Morgan fingerprint density at radius 1 is 0.609 bits per heavy atom. The second kappa shape index (κ2) is 28.7. The van der Waals surface area contributed by atoms with Crippen LogP contribution in [0.3, 0.4) is 0 Å². The van der Waals surface area contributed by atoms with Crippen LogP contribution in [0.2, 0.25) is 0 Å². The van der Waals surface area contributed by atoms with E-state index in [1.807, 2.05) is 99.9 Å². The number of aromatic carboxylic acids is 1. The van der Waals surface area contributed by atoms with Crippen molar-refractivity contribution >= 4 is 93.9 Å². The molecule has 26 heteroatoms. The molecular weight excluding hydrogens is 1160 g/mol. The predicted molar refractivity (Wildman–Crippen MR) is 334 cm³/mol. The standard InChI is InChI=1S/C31H31F2N7O2S.C24H24F2N6O3.C6H8N2S/c1-18-11-12-19(29(41)36-20-7-5-8-21(16-20)43-4)15-22(18)26-23-17-35-31(42)40(27-24(32)9-6-10-25(27)33)28(23)38-30(37-26)34-13-14-39(2)3;1-13-7-8-14(22(33)34)11-15(13)19-16-12-28-24(35)32(20-17(25)5-4-6-18(20)26)21(16)30-23(29-19)27-9-10-31(2)3;1-9-6-4-2-3-5(7)8-6/h5-12,15-16H,13-14,17H2,1-4H3,(H,35,42)(H,36,41)(H,34,37,38);4-8,11H,9-10,12H2,1-3H3,(H,28,35)(H,33,34)(H,27,29,30);2-4H,1H3,(H2,7,8). The van der Waals surface area contributed by atoms with Crippen LogP contribution in [0.4, 0.5) is 73.6 Å². The largest absolute Gasteiger partial charge is 0.478 e. The summed E-state index contributed by atoms with van der Waals surface area (Å²) < 4.78 is 59.4. The minimum absolute atomic E-state index is 0.00914. The van der Waals surface area contributed by atoms with Crippen molar-refractivity contribution in [3.8, 4) is 22.5 Å². The highest BCUT2D eigenvalue weighted by Gasteiger charge is 2.36. The number of carbonyl (C=O) groups excluding carboxylic acids is 3. The third-order valence-corrected chi connectivity index (χ3v) is 14.8. The first kappa shape index (κ1) is 63.6. The molecule has 0 saturated heterocycles. The van der Waals surface area contributed by atoms with E-state index in [9.17, 15) is 41.8 Å². The molecule has 87 heavy (non-hydrogen) atoms. The number of halogens is 4. The summed E-state index contributed by atoms with van der Waals surface area (Å²) in [6.07, 6.45) is 3.94. The molecule has 2 aliphatic rings. The minimum Gasteiger partial charge on any atom is -0.478 e. The summed E-state index contributed by atoms with van der Waals surface area (Å²) >= 11 is 3.17. The number of amides is 5. The van der Waals surface area contributed by atoms with E-state index in [0.29, 0.717) is 76.9 Å². The number of aromatic nitrogens is 5. The lowest BCUT2D eigenvalue weighted by Gasteiger charge is -2.31. The summed E-state index contributed by atoms with van der Waals surface area (Å²) in [5.74, 6) is -4.15. The molecule has 0 atom stereocenters. The fraction of sp³-hybridized carbons (Fsp3) is 0.230. The van der Waals surface area contributed by atoms with Gasteiger partial charge in [0.15, 0.2) is 11.6 Å². The predicted octanol–water partition coefficient (Wildman–Crippen LogP) is 11.2. The summed E-state index contributed by atoms with van der Waals surface area (Å²) in [5, 5.41) is 25.0. The molecule has 0 radical (unpaired) electrons. The highest BCUT2D eigenvalue weighted by atomic mass is 32.2. The van der Waals surface area contributed by atoms with Crippen molar-refractivity contribution in [1.29, 1.82) is 0 Å². The number of nitrogens with zero attached hydrogens (tertiary/aromatic N) is 9. The Bertz CT molecular complexity index is 3840. The molecule has 2 aliphatic heterocycles. The minimum atomic E-state index is -1.11. The number of hydrogen-bond donors (Lipinski definition) is 7. The van der Waals surface area contributed by atoms with Gasteiger partial charge in [-0.2, -0.15) is 9.97 Å². The van der Waals surface area contributed by atoms with Crippen molar-refractivity contribution in [3.05, 3.63) is 172 Å². The van der Waals surface area contributed by atoms with Crippen molar-refractivity contribution < 1.29 is 41.8 Å². The molecule has 8 N–H and O–H groups in total. The Balaban J connectivity index is 0.000000200. The lowest BCUT2D eigenvalue weighted by molar-refractivity contribution is 0.0696. The van der Waals surface area contributed by atoms with Crippen LogP contribution in [0.15, 0.2) is 125 Å². The number of likely N-dealkylation sites (N-methyl/N-ethyl adjacent to an activating group) is 2. The number of aryl methyl sites for hydroxylation is 2. The number of para-hydroxylation sites is 2. The van der Waals surface area contributed by atoms with Gasteiger partial charge >= 0.3 is 18.0 Å². The smallest absolute Gasteiger partial charge is 0.335 e. The van der Waals surface area contributed by atoms with Crippen LogP contribution in [0.25, 0.3) is 22.5 Å².